The highest BCUT2D eigenvalue weighted by Gasteiger charge is 2.35. The first kappa shape index (κ1) is 20.1. The summed E-state index contributed by atoms with van der Waals surface area (Å²) < 4.78 is 41.7. The van der Waals surface area contributed by atoms with Crippen LogP contribution in [0.15, 0.2) is 36.4 Å². The topological polar surface area (TPSA) is 107 Å². The van der Waals surface area contributed by atoms with Crippen LogP contribution >= 0.6 is 0 Å². The lowest BCUT2D eigenvalue weighted by Gasteiger charge is -2.24. The Morgan fingerprint density at radius 1 is 1.21 bits per heavy atom. The van der Waals surface area contributed by atoms with Crippen LogP contribution in [0.4, 0.5) is 13.2 Å². The maximum Gasteiger partial charge on any atom is 0.573 e. The maximum absolute atomic E-state index is 12.6. The average molecular weight is 403 g/mol. The Kier molecular flexibility index (Phi) is 4.92. The van der Waals surface area contributed by atoms with E-state index in [1.54, 1.807) is 6.07 Å². The zero-order chi connectivity index (χ0) is 21.4. The predicted octanol–water partition coefficient (Wildman–Crippen LogP) is 3.22. The van der Waals surface area contributed by atoms with E-state index in [0.29, 0.717) is 11.0 Å². The molecule has 0 radical (unpaired) electrons. The van der Waals surface area contributed by atoms with Crippen molar-refractivity contribution in [3.63, 3.8) is 0 Å². The molecule has 150 valence electrons. The SMILES string of the molecule is Cc1ccc2nn(CC(C)(C#N)c3cc(OC(F)(F)F)ccc3C(N)=O)nc2c1. The molecule has 1 unspecified atom stereocenters. The van der Waals surface area contributed by atoms with Crippen LogP contribution in [-0.4, -0.2) is 27.3 Å². The molecule has 0 fully saturated rings. The molecule has 0 saturated carbocycles. The van der Waals surface area contributed by atoms with E-state index >= 15 is 0 Å². The van der Waals surface area contributed by atoms with Crippen LogP contribution in [0.25, 0.3) is 11.0 Å². The Bertz CT molecular complexity index is 1130. The number of rotatable bonds is 5. The van der Waals surface area contributed by atoms with E-state index in [2.05, 4.69) is 14.9 Å². The fourth-order valence-corrected chi connectivity index (χ4v) is 3.00. The van der Waals surface area contributed by atoms with E-state index in [0.717, 1.165) is 23.8 Å². The van der Waals surface area contributed by atoms with Crippen molar-refractivity contribution in [2.45, 2.75) is 32.2 Å². The molecule has 10 heteroatoms. The lowest BCUT2D eigenvalue weighted by Crippen LogP contribution is -2.31. The lowest BCUT2D eigenvalue weighted by molar-refractivity contribution is -0.274. The van der Waals surface area contributed by atoms with Crippen molar-refractivity contribution in [3.05, 3.63) is 53.1 Å². The largest absolute Gasteiger partial charge is 0.573 e. The number of halogens is 3. The van der Waals surface area contributed by atoms with Crippen LogP contribution < -0.4 is 10.5 Å². The minimum atomic E-state index is -4.92. The molecule has 3 aromatic rings. The number of hydrogen-bond acceptors (Lipinski definition) is 5. The van der Waals surface area contributed by atoms with E-state index in [-0.39, 0.29) is 17.7 Å². The minimum Gasteiger partial charge on any atom is -0.406 e. The van der Waals surface area contributed by atoms with Gasteiger partial charge in [-0.05, 0) is 55.3 Å². The molecule has 1 heterocycles. The van der Waals surface area contributed by atoms with E-state index in [1.165, 1.54) is 11.7 Å². The lowest BCUT2D eigenvalue weighted by atomic mass is 9.81. The molecular weight excluding hydrogens is 387 g/mol. The van der Waals surface area contributed by atoms with E-state index in [4.69, 9.17) is 5.73 Å². The highest BCUT2D eigenvalue weighted by molar-refractivity contribution is 5.95. The molecule has 3 rings (SSSR count). The number of hydrogen-bond donors (Lipinski definition) is 1. The summed E-state index contributed by atoms with van der Waals surface area (Å²) >= 11 is 0. The highest BCUT2D eigenvalue weighted by Crippen LogP contribution is 2.33. The third-order valence-corrected chi connectivity index (χ3v) is 4.37. The molecule has 0 spiro atoms. The first-order chi connectivity index (χ1) is 13.5. The quantitative estimate of drug-likeness (QED) is 0.704. The number of ether oxygens (including phenoxy) is 1. The van der Waals surface area contributed by atoms with Crippen molar-refractivity contribution in [2.75, 3.05) is 0 Å². The Hall–Kier alpha value is -3.61. The van der Waals surface area contributed by atoms with Gasteiger partial charge in [-0.1, -0.05) is 6.07 Å². The maximum atomic E-state index is 12.6. The summed E-state index contributed by atoms with van der Waals surface area (Å²) in [6.45, 7) is 3.24. The van der Waals surface area contributed by atoms with Gasteiger partial charge in [-0.15, -0.1) is 13.2 Å². The number of aromatic nitrogens is 3. The van der Waals surface area contributed by atoms with Gasteiger partial charge >= 0.3 is 6.36 Å². The van der Waals surface area contributed by atoms with Gasteiger partial charge in [0.05, 0.1) is 12.6 Å². The molecular formula is C19H16F3N5O2. The molecule has 1 atom stereocenters. The Morgan fingerprint density at radius 2 is 1.90 bits per heavy atom. The summed E-state index contributed by atoms with van der Waals surface area (Å²) in [6, 6.07) is 10.5. The van der Waals surface area contributed by atoms with Crippen LogP contribution in [0.1, 0.15) is 28.4 Å². The van der Waals surface area contributed by atoms with Crippen molar-refractivity contribution < 1.29 is 22.7 Å². The van der Waals surface area contributed by atoms with E-state index in [9.17, 15) is 23.2 Å². The van der Waals surface area contributed by atoms with Crippen LogP contribution in [-0.2, 0) is 12.0 Å². The summed E-state index contributed by atoms with van der Waals surface area (Å²) in [6.07, 6.45) is -4.92. The van der Waals surface area contributed by atoms with Crippen LogP contribution in [0.5, 0.6) is 5.75 Å². The molecule has 7 nitrogen and oxygen atoms in total. The molecule has 1 aromatic heterocycles. The van der Waals surface area contributed by atoms with Gasteiger partial charge in [0.15, 0.2) is 0 Å². The third-order valence-electron chi connectivity index (χ3n) is 4.37. The van der Waals surface area contributed by atoms with Crippen molar-refractivity contribution in [1.29, 1.82) is 5.26 Å². The number of nitriles is 1. The number of amides is 1. The molecule has 0 aliphatic rings. The van der Waals surface area contributed by atoms with Crippen LogP contribution in [0, 0.1) is 18.3 Å². The summed E-state index contributed by atoms with van der Waals surface area (Å²) in [5.41, 5.74) is 5.99. The van der Waals surface area contributed by atoms with Crippen LogP contribution in [0.2, 0.25) is 0 Å². The fourth-order valence-electron chi connectivity index (χ4n) is 3.00. The number of alkyl halides is 3. The molecule has 0 bridgehead atoms. The minimum absolute atomic E-state index is 0.00760. The third kappa shape index (κ3) is 4.29. The Balaban J connectivity index is 2.06. The van der Waals surface area contributed by atoms with Crippen molar-refractivity contribution in [2.24, 2.45) is 5.73 Å². The number of carbonyl (C=O) groups is 1. The smallest absolute Gasteiger partial charge is 0.406 e. The number of nitrogens with two attached hydrogens (primary N) is 1. The molecule has 2 N–H and O–H groups in total. The van der Waals surface area contributed by atoms with Gasteiger partial charge in [0, 0.05) is 5.56 Å². The van der Waals surface area contributed by atoms with Gasteiger partial charge in [0.2, 0.25) is 5.91 Å². The van der Waals surface area contributed by atoms with Gasteiger partial charge in [-0.25, -0.2) is 0 Å². The second-order valence-electron chi connectivity index (χ2n) is 6.79. The monoisotopic (exact) mass is 403 g/mol. The first-order valence-electron chi connectivity index (χ1n) is 8.43. The first-order valence-corrected chi connectivity index (χ1v) is 8.43. The highest BCUT2D eigenvalue weighted by atomic mass is 19.4. The normalized spacial score (nSPS) is 13.7. The Morgan fingerprint density at radius 3 is 2.52 bits per heavy atom. The number of carbonyl (C=O) groups excluding carboxylic acids is 1. The zero-order valence-electron chi connectivity index (χ0n) is 15.5. The summed E-state index contributed by atoms with van der Waals surface area (Å²) in [7, 11) is 0. The van der Waals surface area contributed by atoms with Crippen LogP contribution in [0.3, 0.4) is 0 Å². The van der Waals surface area contributed by atoms with Gasteiger partial charge in [0.25, 0.3) is 0 Å². The molecule has 0 saturated heterocycles. The van der Waals surface area contributed by atoms with Gasteiger partial charge < -0.3 is 10.5 Å². The second-order valence-corrected chi connectivity index (χ2v) is 6.79. The molecule has 0 aliphatic heterocycles. The van der Waals surface area contributed by atoms with Crippen molar-refractivity contribution in [3.8, 4) is 11.8 Å². The summed E-state index contributed by atoms with van der Waals surface area (Å²) in [4.78, 5) is 13.1. The van der Waals surface area contributed by atoms with Gasteiger partial charge in [-0.3, -0.25) is 4.79 Å². The average Bonchev–Trinajstić information content (AvgIpc) is 3.01. The van der Waals surface area contributed by atoms with E-state index < -0.39 is 23.4 Å². The number of aryl methyl sites for hydroxylation is 1. The van der Waals surface area contributed by atoms with Crippen molar-refractivity contribution >= 4 is 16.9 Å². The number of benzene rings is 2. The predicted molar refractivity (Wildman–Crippen MR) is 96.9 cm³/mol. The Labute approximate surface area is 163 Å². The summed E-state index contributed by atoms with van der Waals surface area (Å²) in [5.74, 6) is -1.44. The van der Waals surface area contributed by atoms with Gasteiger partial charge in [-0.2, -0.15) is 20.3 Å². The molecule has 0 aliphatic carbocycles. The molecule has 2 aromatic carbocycles. The molecule has 29 heavy (non-hydrogen) atoms. The number of primary amides is 1. The van der Waals surface area contributed by atoms with E-state index in [1.807, 2.05) is 25.1 Å². The van der Waals surface area contributed by atoms with Crippen molar-refractivity contribution in [1.82, 2.24) is 15.0 Å². The standard InChI is InChI=1S/C19H16F3N5O2/c1-11-3-6-15-16(7-11)26-27(25-15)10-18(2,9-23)14-8-12(29-19(20,21)22)4-5-13(14)17(24)28/h3-8H,10H2,1-2H3,(H2,24,28). The molecule has 1 amide bonds. The number of nitrogens with zero attached hydrogens (tertiary/aromatic N) is 4. The second kappa shape index (κ2) is 7.09. The summed E-state index contributed by atoms with van der Waals surface area (Å²) in [5, 5.41) is 18.4. The number of fused-ring (bicyclic) bond motifs is 1. The zero-order valence-corrected chi connectivity index (χ0v) is 15.5. The fraction of sp³-hybridized carbons (Fsp3) is 0.263. The van der Waals surface area contributed by atoms with Gasteiger partial charge in [0.1, 0.15) is 22.2 Å².